The predicted molar refractivity (Wildman–Crippen MR) is 65.3 cm³/mol. The van der Waals surface area contributed by atoms with E-state index < -0.39 is 0 Å². The van der Waals surface area contributed by atoms with Gasteiger partial charge in [0.1, 0.15) is 5.75 Å². The van der Waals surface area contributed by atoms with E-state index in [1.54, 1.807) is 24.5 Å². The van der Waals surface area contributed by atoms with E-state index in [0.717, 1.165) is 11.3 Å². The molecule has 0 unspecified atom stereocenters. The largest absolute Gasteiger partial charge is 0.497 e. The summed E-state index contributed by atoms with van der Waals surface area (Å²) in [5, 5.41) is 3.98. The standard InChI is InChI=1S/C13H12O2S/c1-15-12-4-2-3-11(8-12)13(14)7-10-5-6-16-9-10/h2-6,8-9H,7H2,1H3. The molecule has 1 heterocycles. The Morgan fingerprint density at radius 1 is 1.38 bits per heavy atom. The maximum atomic E-state index is 11.9. The lowest BCUT2D eigenvalue weighted by molar-refractivity contribution is 0.0993. The molecule has 16 heavy (non-hydrogen) atoms. The number of carbonyl (C=O) groups is 1. The first kappa shape index (κ1) is 10.9. The van der Waals surface area contributed by atoms with Crippen LogP contribution in [-0.4, -0.2) is 12.9 Å². The van der Waals surface area contributed by atoms with Gasteiger partial charge in [0.25, 0.3) is 0 Å². The molecule has 0 aliphatic carbocycles. The van der Waals surface area contributed by atoms with Gasteiger partial charge in [0.2, 0.25) is 0 Å². The van der Waals surface area contributed by atoms with Crippen molar-refractivity contribution in [1.29, 1.82) is 0 Å². The minimum atomic E-state index is 0.123. The Bertz CT molecular complexity index is 474. The van der Waals surface area contributed by atoms with E-state index in [4.69, 9.17) is 4.74 Å². The zero-order valence-corrected chi connectivity index (χ0v) is 9.79. The normalized spacial score (nSPS) is 10.1. The summed E-state index contributed by atoms with van der Waals surface area (Å²) in [5.74, 6) is 0.841. The minimum Gasteiger partial charge on any atom is -0.497 e. The van der Waals surface area contributed by atoms with Crippen LogP contribution in [0.15, 0.2) is 41.1 Å². The van der Waals surface area contributed by atoms with E-state index >= 15 is 0 Å². The number of Topliss-reactive ketones (excluding diaryl/α,β-unsaturated/α-hetero) is 1. The van der Waals surface area contributed by atoms with Crippen LogP contribution in [0.25, 0.3) is 0 Å². The molecule has 0 fully saturated rings. The van der Waals surface area contributed by atoms with Gasteiger partial charge in [-0.15, -0.1) is 0 Å². The van der Waals surface area contributed by atoms with Crippen molar-refractivity contribution >= 4 is 17.1 Å². The minimum absolute atomic E-state index is 0.123. The molecule has 1 aromatic carbocycles. The predicted octanol–water partition coefficient (Wildman–Crippen LogP) is 3.18. The maximum Gasteiger partial charge on any atom is 0.167 e. The molecule has 0 amide bonds. The third kappa shape index (κ3) is 2.49. The van der Waals surface area contributed by atoms with Crippen LogP contribution in [0.3, 0.4) is 0 Å². The second kappa shape index (κ2) is 4.94. The van der Waals surface area contributed by atoms with Crippen LogP contribution in [0.4, 0.5) is 0 Å². The smallest absolute Gasteiger partial charge is 0.167 e. The Morgan fingerprint density at radius 2 is 2.25 bits per heavy atom. The molecule has 0 N–H and O–H groups in total. The van der Waals surface area contributed by atoms with Crippen molar-refractivity contribution in [2.24, 2.45) is 0 Å². The molecule has 2 rings (SSSR count). The van der Waals surface area contributed by atoms with Gasteiger partial charge in [-0.25, -0.2) is 0 Å². The van der Waals surface area contributed by atoms with Crippen LogP contribution < -0.4 is 4.74 Å². The van der Waals surface area contributed by atoms with E-state index in [0.29, 0.717) is 12.0 Å². The first-order valence-electron chi connectivity index (χ1n) is 4.98. The summed E-state index contributed by atoms with van der Waals surface area (Å²) in [5.41, 5.74) is 1.77. The molecule has 0 aliphatic heterocycles. The molecule has 2 nitrogen and oxygen atoms in total. The lowest BCUT2D eigenvalue weighted by atomic mass is 10.1. The monoisotopic (exact) mass is 232 g/mol. The Balaban J connectivity index is 2.14. The van der Waals surface area contributed by atoms with Crippen molar-refractivity contribution in [3.05, 3.63) is 52.2 Å². The van der Waals surface area contributed by atoms with Gasteiger partial charge in [-0.2, -0.15) is 11.3 Å². The van der Waals surface area contributed by atoms with Crippen molar-refractivity contribution < 1.29 is 9.53 Å². The molecule has 0 saturated heterocycles. The van der Waals surface area contributed by atoms with Crippen molar-refractivity contribution in [2.75, 3.05) is 7.11 Å². The lowest BCUT2D eigenvalue weighted by Crippen LogP contribution is -2.02. The van der Waals surface area contributed by atoms with Crippen LogP contribution >= 0.6 is 11.3 Å². The summed E-state index contributed by atoms with van der Waals surface area (Å²) in [6.07, 6.45) is 0.455. The molecular formula is C13H12O2S. The summed E-state index contributed by atoms with van der Waals surface area (Å²) in [6.45, 7) is 0. The molecule has 3 heteroatoms. The molecule has 82 valence electrons. The fourth-order valence-corrected chi connectivity index (χ4v) is 2.15. The zero-order valence-electron chi connectivity index (χ0n) is 8.97. The fourth-order valence-electron chi connectivity index (χ4n) is 1.48. The third-order valence-electron chi connectivity index (χ3n) is 2.34. The average Bonchev–Trinajstić information content (AvgIpc) is 2.82. The topological polar surface area (TPSA) is 26.3 Å². The zero-order chi connectivity index (χ0) is 11.4. The van der Waals surface area contributed by atoms with Gasteiger partial charge in [0.05, 0.1) is 7.11 Å². The average molecular weight is 232 g/mol. The highest BCUT2D eigenvalue weighted by molar-refractivity contribution is 7.08. The van der Waals surface area contributed by atoms with Crippen molar-refractivity contribution in [2.45, 2.75) is 6.42 Å². The van der Waals surface area contributed by atoms with Gasteiger partial charge < -0.3 is 4.74 Å². The summed E-state index contributed by atoms with van der Waals surface area (Å²) in [4.78, 5) is 11.9. The van der Waals surface area contributed by atoms with Gasteiger partial charge in [-0.3, -0.25) is 4.79 Å². The number of carbonyl (C=O) groups excluding carboxylic acids is 1. The van der Waals surface area contributed by atoms with Crippen LogP contribution in [0, 0.1) is 0 Å². The molecular weight excluding hydrogens is 220 g/mol. The van der Waals surface area contributed by atoms with Crippen LogP contribution in [0.1, 0.15) is 15.9 Å². The first-order chi connectivity index (χ1) is 7.79. The van der Waals surface area contributed by atoms with E-state index in [2.05, 4.69) is 0 Å². The quantitative estimate of drug-likeness (QED) is 0.757. The number of rotatable bonds is 4. The van der Waals surface area contributed by atoms with Crippen molar-refractivity contribution in [3.8, 4) is 5.75 Å². The molecule has 2 aromatic rings. The summed E-state index contributed by atoms with van der Waals surface area (Å²) in [6, 6.07) is 9.23. The number of benzene rings is 1. The number of methoxy groups -OCH3 is 1. The molecule has 0 radical (unpaired) electrons. The molecule has 0 atom stereocenters. The van der Waals surface area contributed by atoms with Gasteiger partial charge in [0.15, 0.2) is 5.78 Å². The number of ketones is 1. The summed E-state index contributed by atoms with van der Waals surface area (Å²) >= 11 is 1.61. The molecule has 0 spiro atoms. The van der Waals surface area contributed by atoms with Gasteiger partial charge in [-0.05, 0) is 34.5 Å². The summed E-state index contributed by atoms with van der Waals surface area (Å²) < 4.78 is 5.09. The van der Waals surface area contributed by atoms with Crippen molar-refractivity contribution in [1.82, 2.24) is 0 Å². The first-order valence-corrected chi connectivity index (χ1v) is 5.92. The van der Waals surface area contributed by atoms with Gasteiger partial charge in [0, 0.05) is 12.0 Å². The summed E-state index contributed by atoms with van der Waals surface area (Å²) in [7, 11) is 1.60. The number of ether oxygens (including phenoxy) is 1. The number of hydrogen-bond donors (Lipinski definition) is 0. The molecule has 1 aromatic heterocycles. The van der Waals surface area contributed by atoms with E-state index in [1.165, 1.54) is 0 Å². The van der Waals surface area contributed by atoms with E-state index in [1.807, 2.05) is 35.0 Å². The third-order valence-corrected chi connectivity index (χ3v) is 3.07. The van der Waals surface area contributed by atoms with Gasteiger partial charge in [-0.1, -0.05) is 12.1 Å². The Hall–Kier alpha value is -1.61. The second-order valence-corrected chi connectivity index (χ2v) is 4.24. The highest BCUT2D eigenvalue weighted by Crippen LogP contribution is 2.15. The Labute approximate surface area is 98.5 Å². The van der Waals surface area contributed by atoms with Crippen LogP contribution in [0.5, 0.6) is 5.75 Å². The Morgan fingerprint density at radius 3 is 2.94 bits per heavy atom. The molecule has 0 bridgehead atoms. The lowest BCUT2D eigenvalue weighted by Gasteiger charge is -2.02. The van der Waals surface area contributed by atoms with E-state index in [9.17, 15) is 4.79 Å². The van der Waals surface area contributed by atoms with Gasteiger partial charge >= 0.3 is 0 Å². The van der Waals surface area contributed by atoms with Crippen molar-refractivity contribution in [3.63, 3.8) is 0 Å². The highest BCUT2D eigenvalue weighted by Gasteiger charge is 2.07. The van der Waals surface area contributed by atoms with E-state index in [-0.39, 0.29) is 5.78 Å². The Kier molecular flexibility index (Phi) is 3.37. The fraction of sp³-hybridized carbons (Fsp3) is 0.154. The molecule has 0 saturated carbocycles. The number of thiophene rings is 1. The van der Waals surface area contributed by atoms with Crippen LogP contribution in [-0.2, 0) is 6.42 Å². The SMILES string of the molecule is COc1cccc(C(=O)Cc2ccsc2)c1. The van der Waals surface area contributed by atoms with Crippen LogP contribution in [0.2, 0.25) is 0 Å². The molecule has 0 aliphatic rings. The number of hydrogen-bond acceptors (Lipinski definition) is 3. The highest BCUT2D eigenvalue weighted by atomic mass is 32.1. The second-order valence-electron chi connectivity index (χ2n) is 3.46. The maximum absolute atomic E-state index is 11.9.